The van der Waals surface area contributed by atoms with E-state index in [-0.39, 0.29) is 23.7 Å². The van der Waals surface area contributed by atoms with E-state index in [1.807, 2.05) is 48.5 Å². The number of hydrogen-bond donors (Lipinski definition) is 1. The summed E-state index contributed by atoms with van der Waals surface area (Å²) in [5.74, 6) is 1.23. The summed E-state index contributed by atoms with van der Waals surface area (Å²) in [6, 6.07) is 15.3. The molecule has 1 aliphatic rings. The molecule has 0 aromatic heterocycles. The van der Waals surface area contributed by atoms with E-state index in [1.54, 1.807) is 19.1 Å². The minimum atomic E-state index is -0.348. The van der Waals surface area contributed by atoms with Gasteiger partial charge in [0.05, 0.1) is 26.6 Å². The van der Waals surface area contributed by atoms with Gasteiger partial charge in [0.25, 0.3) is 0 Å². The van der Waals surface area contributed by atoms with Crippen LogP contribution in [0, 0.1) is 11.8 Å². The predicted molar refractivity (Wildman–Crippen MR) is 120 cm³/mol. The molecule has 0 unspecified atom stereocenters. The first-order valence-electron chi connectivity index (χ1n) is 10.7. The zero-order chi connectivity index (χ0) is 22.4. The Morgan fingerprint density at radius 3 is 2.45 bits per heavy atom. The number of likely N-dealkylation sites (tertiary alicyclic amines) is 1. The normalized spacial score (nSPS) is 18.2. The number of amides is 2. The highest BCUT2D eigenvalue weighted by molar-refractivity contribution is 5.84. The van der Waals surface area contributed by atoms with Crippen LogP contribution >= 0.6 is 0 Å². The molecule has 1 fully saturated rings. The van der Waals surface area contributed by atoms with Gasteiger partial charge in [0.15, 0.2) is 0 Å². The van der Waals surface area contributed by atoms with Crippen molar-refractivity contribution in [1.82, 2.24) is 10.2 Å². The van der Waals surface area contributed by atoms with Crippen LogP contribution in [0.5, 0.6) is 11.5 Å². The number of ether oxygens (including phenoxy) is 2. The number of carbonyl (C=O) groups excluding carboxylic acids is 2. The van der Waals surface area contributed by atoms with Gasteiger partial charge in [0, 0.05) is 31.1 Å². The van der Waals surface area contributed by atoms with E-state index in [0.29, 0.717) is 43.5 Å². The van der Waals surface area contributed by atoms with Gasteiger partial charge in [-0.15, -0.1) is 0 Å². The summed E-state index contributed by atoms with van der Waals surface area (Å²) >= 11 is 0. The first kappa shape index (κ1) is 22.7. The molecule has 1 N–H and O–H groups in total. The molecule has 0 bridgehead atoms. The highest BCUT2D eigenvalue weighted by Gasteiger charge is 2.41. The number of carbonyl (C=O) groups is 2. The largest absolute Gasteiger partial charge is 0.497 e. The van der Waals surface area contributed by atoms with Gasteiger partial charge in [-0.2, -0.15) is 0 Å². The van der Waals surface area contributed by atoms with Gasteiger partial charge < -0.3 is 19.7 Å². The fraction of sp³-hybridized carbons (Fsp3) is 0.440. The highest BCUT2D eigenvalue weighted by atomic mass is 16.5. The topological polar surface area (TPSA) is 67.9 Å². The first-order chi connectivity index (χ1) is 14.9. The van der Waals surface area contributed by atoms with Crippen LogP contribution in [0.3, 0.4) is 0 Å². The third kappa shape index (κ3) is 5.57. The van der Waals surface area contributed by atoms with Crippen LogP contribution in [0.1, 0.15) is 30.9 Å². The highest BCUT2D eigenvalue weighted by Crippen LogP contribution is 2.39. The Morgan fingerprint density at radius 1 is 1.06 bits per heavy atom. The monoisotopic (exact) mass is 424 g/mol. The molecular weight excluding hydrogens is 392 g/mol. The predicted octanol–water partition coefficient (Wildman–Crippen LogP) is 3.26. The SMILES string of the molecule is COc1ccc(OC)c([C@H]2CN(C(=O)Cc3ccccc3)C[C@@H]2C(=O)NCC(C)C)c1. The zero-order valence-corrected chi connectivity index (χ0v) is 18.8. The smallest absolute Gasteiger partial charge is 0.227 e. The maximum absolute atomic E-state index is 13.1. The second-order valence-corrected chi connectivity index (χ2v) is 8.42. The summed E-state index contributed by atoms with van der Waals surface area (Å²) in [5, 5.41) is 3.05. The van der Waals surface area contributed by atoms with Crippen LogP contribution in [-0.2, 0) is 16.0 Å². The lowest BCUT2D eigenvalue weighted by molar-refractivity contribution is -0.130. The van der Waals surface area contributed by atoms with Gasteiger partial charge in [0.1, 0.15) is 11.5 Å². The van der Waals surface area contributed by atoms with Crippen molar-refractivity contribution in [3.8, 4) is 11.5 Å². The molecule has 0 saturated carbocycles. The average molecular weight is 425 g/mol. The number of rotatable bonds is 8. The van der Waals surface area contributed by atoms with E-state index in [1.165, 1.54) is 0 Å². The fourth-order valence-electron chi connectivity index (χ4n) is 4.04. The summed E-state index contributed by atoms with van der Waals surface area (Å²) in [5.41, 5.74) is 1.86. The molecule has 0 spiro atoms. The molecule has 1 heterocycles. The Bertz CT molecular complexity index is 898. The number of methoxy groups -OCH3 is 2. The van der Waals surface area contributed by atoms with Crippen LogP contribution in [0.25, 0.3) is 0 Å². The fourth-order valence-corrected chi connectivity index (χ4v) is 4.04. The van der Waals surface area contributed by atoms with Crippen molar-refractivity contribution in [2.45, 2.75) is 26.2 Å². The Kier molecular flexibility index (Phi) is 7.55. The third-order valence-electron chi connectivity index (χ3n) is 5.73. The van der Waals surface area contributed by atoms with E-state index in [2.05, 4.69) is 19.2 Å². The Hall–Kier alpha value is -3.02. The quantitative estimate of drug-likeness (QED) is 0.706. The lowest BCUT2D eigenvalue weighted by Crippen LogP contribution is -2.37. The molecule has 6 heteroatoms. The molecule has 2 aromatic rings. The van der Waals surface area contributed by atoms with Gasteiger partial charge >= 0.3 is 0 Å². The number of nitrogens with zero attached hydrogens (tertiary/aromatic N) is 1. The maximum Gasteiger partial charge on any atom is 0.227 e. The molecule has 2 aromatic carbocycles. The molecule has 3 rings (SSSR count). The molecule has 0 aliphatic carbocycles. The van der Waals surface area contributed by atoms with E-state index in [9.17, 15) is 9.59 Å². The van der Waals surface area contributed by atoms with Crippen molar-refractivity contribution in [3.63, 3.8) is 0 Å². The summed E-state index contributed by atoms with van der Waals surface area (Å²) in [4.78, 5) is 27.9. The van der Waals surface area contributed by atoms with Gasteiger partial charge in [-0.25, -0.2) is 0 Å². The van der Waals surface area contributed by atoms with Crippen LogP contribution in [0.15, 0.2) is 48.5 Å². The minimum Gasteiger partial charge on any atom is -0.497 e. The van der Waals surface area contributed by atoms with E-state index >= 15 is 0 Å². The molecular formula is C25H32N2O4. The summed E-state index contributed by atoms with van der Waals surface area (Å²) < 4.78 is 11.0. The lowest BCUT2D eigenvalue weighted by atomic mass is 9.87. The molecule has 166 valence electrons. The van der Waals surface area contributed by atoms with Crippen molar-refractivity contribution in [2.24, 2.45) is 11.8 Å². The molecule has 1 aliphatic heterocycles. The van der Waals surface area contributed by atoms with Gasteiger partial charge in [-0.05, 0) is 29.7 Å². The third-order valence-corrected chi connectivity index (χ3v) is 5.73. The second-order valence-electron chi connectivity index (χ2n) is 8.42. The molecule has 2 atom stereocenters. The van der Waals surface area contributed by atoms with Crippen molar-refractivity contribution in [3.05, 3.63) is 59.7 Å². The number of nitrogens with one attached hydrogen (secondary N) is 1. The Balaban J connectivity index is 1.87. The van der Waals surface area contributed by atoms with Crippen LogP contribution in [0.4, 0.5) is 0 Å². The molecule has 1 saturated heterocycles. The van der Waals surface area contributed by atoms with Crippen molar-refractivity contribution >= 4 is 11.8 Å². The Morgan fingerprint density at radius 2 is 1.81 bits per heavy atom. The molecule has 2 amide bonds. The van der Waals surface area contributed by atoms with Crippen LogP contribution in [0.2, 0.25) is 0 Å². The average Bonchev–Trinajstić information content (AvgIpc) is 3.23. The molecule has 0 radical (unpaired) electrons. The van der Waals surface area contributed by atoms with Crippen molar-refractivity contribution < 1.29 is 19.1 Å². The summed E-state index contributed by atoms with van der Waals surface area (Å²) in [7, 11) is 3.23. The van der Waals surface area contributed by atoms with Crippen molar-refractivity contribution in [1.29, 1.82) is 0 Å². The summed E-state index contributed by atoms with van der Waals surface area (Å²) in [6.07, 6.45) is 0.323. The summed E-state index contributed by atoms with van der Waals surface area (Å²) in [6.45, 7) is 5.59. The van der Waals surface area contributed by atoms with Gasteiger partial charge in [0.2, 0.25) is 11.8 Å². The van der Waals surface area contributed by atoms with Gasteiger partial charge in [-0.3, -0.25) is 9.59 Å². The number of benzene rings is 2. The molecule has 6 nitrogen and oxygen atoms in total. The zero-order valence-electron chi connectivity index (χ0n) is 18.8. The van der Waals surface area contributed by atoms with Gasteiger partial charge in [-0.1, -0.05) is 44.2 Å². The standard InChI is InChI=1S/C25H32N2O4/c1-17(2)14-26-25(29)22-16-27(24(28)12-18-8-6-5-7-9-18)15-21(22)20-13-19(30-3)10-11-23(20)31-4/h5-11,13,17,21-22H,12,14-16H2,1-4H3,(H,26,29)/t21-,22+/m1/s1. The lowest BCUT2D eigenvalue weighted by Gasteiger charge is -2.21. The van der Waals surface area contributed by atoms with Crippen LogP contribution < -0.4 is 14.8 Å². The number of hydrogen-bond acceptors (Lipinski definition) is 4. The molecule has 31 heavy (non-hydrogen) atoms. The first-order valence-corrected chi connectivity index (χ1v) is 10.7. The maximum atomic E-state index is 13.1. The minimum absolute atomic E-state index is 0.0252. The van der Waals surface area contributed by atoms with Crippen LogP contribution in [-0.4, -0.2) is 50.6 Å². The second kappa shape index (κ2) is 10.3. The van der Waals surface area contributed by atoms with Crippen molar-refractivity contribution in [2.75, 3.05) is 33.9 Å². The van der Waals surface area contributed by atoms with E-state index in [0.717, 1.165) is 11.1 Å². The van der Waals surface area contributed by atoms with E-state index < -0.39 is 0 Å². The Labute approximate surface area is 184 Å². The van der Waals surface area contributed by atoms with E-state index in [4.69, 9.17) is 9.47 Å².